The number of piperazine rings is 1. The van der Waals surface area contributed by atoms with Crippen molar-refractivity contribution in [1.82, 2.24) is 15.2 Å². The summed E-state index contributed by atoms with van der Waals surface area (Å²) in [6.07, 6.45) is 1.94. The molecule has 5 rings (SSSR count). The lowest BCUT2D eigenvalue weighted by Gasteiger charge is -2.38. The van der Waals surface area contributed by atoms with E-state index in [1.54, 1.807) is 0 Å². The lowest BCUT2D eigenvalue weighted by Crippen LogP contribution is -2.48. The molecule has 35 heavy (non-hydrogen) atoms. The molecule has 0 bridgehead atoms. The minimum absolute atomic E-state index is 0.181. The van der Waals surface area contributed by atoms with Crippen molar-refractivity contribution in [2.24, 2.45) is 0 Å². The molecule has 1 fully saturated rings. The zero-order valence-electron chi connectivity index (χ0n) is 20.6. The van der Waals surface area contributed by atoms with E-state index in [9.17, 15) is 4.39 Å². The Balaban J connectivity index is 1.44. The quantitative estimate of drug-likeness (QED) is 0.487. The average molecular weight is 470 g/mol. The van der Waals surface area contributed by atoms with Crippen LogP contribution < -0.4 is 16.0 Å². The van der Waals surface area contributed by atoms with Crippen LogP contribution in [0.4, 0.5) is 15.9 Å². The molecule has 3 aromatic rings. The lowest BCUT2D eigenvalue weighted by molar-refractivity contribution is 0.209. The van der Waals surface area contributed by atoms with E-state index in [1.165, 1.54) is 0 Å². The fourth-order valence-electron chi connectivity index (χ4n) is 4.94. The van der Waals surface area contributed by atoms with Crippen LogP contribution in [-0.4, -0.2) is 42.1 Å². The molecule has 0 radical (unpaired) electrons. The third-order valence-electron chi connectivity index (χ3n) is 7.14. The monoisotopic (exact) mass is 469 g/mol. The van der Waals surface area contributed by atoms with Crippen molar-refractivity contribution in [2.45, 2.75) is 26.8 Å². The molecule has 0 spiro atoms. The summed E-state index contributed by atoms with van der Waals surface area (Å²) >= 11 is 0. The predicted molar refractivity (Wildman–Crippen MR) is 144 cm³/mol. The Morgan fingerprint density at radius 3 is 2.29 bits per heavy atom. The Hall–Kier alpha value is -3.64. The summed E-state index contributed by atoms with van der Waals surface area (Å²) in [5, 5.41) is 3.18. The molecule has 180 valence electrons. The summed E-state index contributed by atoms with van der Waals surface area (Å²) in [6.45, 7) is 14.7. The van der Waals surface area contributed by atoms with Gasteiger partial charge in [-0.1, -0.05) is 30.8 Å². The summed E-state index contributed by atoms with van der Waals surface area (Å²) < 4.78 is 15.0. The maximum absolute atomic E-state index is 15.0. The number of allylic oxidation sites excluding steroid dienone is 1. The van der Waals surface area contributed by atoms with Crippen molar-refractivity contribution in [2.75, 3.05) is 36.8 Å². The first-order valence-corrected chi connectivity index (χ1v) is 12.1. The highest BCUT2D eigenvalue weighted by Gasteiger charge is 2.20. The molecule has 3 heterocycles. The highest BCUT2D eigenvalue weighted by atomic mass is 19.1. The van der Waals surface area contributed by atoms with Gasteiger partial charge in [0.25, 0.3) is 0 Å². The Morgan fingerprint density at radius 2 is 1.60 bits per heavy atom. The number of nitrogens with zero attached hydrogens (tertiary/aromatic N) is 3. The van der Waals surface area contributed by atoms with Gasteiger partial charge in [-0.3, -0.25) is 4.90 Å². The van der Waals surface area contributed by atoms with E-state index >= 15 is 0 Å². The van der Waals surface area contributed by atoms with Gasteiger partial charge in [0, 0.05) is 66.5 Å². The Labute approximate surface area is 206 Å². The molecule has 5 nitrogen and oxygen atoms in total. The second kappa shape index (κ2) is 9.19. The third kappa shape index (κ3) is 4.42. The second-order valence-corrected chi connectivity index (χ2v) is 9.63. The maximum atomic E-state index is 15.0. The number of pyridine rings is 1. The van der Waals surface area contributed by atoms with Gasteiger partial charge < -0.3 is 16.0 Å². The largest absolute Gasteiger partial charge is 0.383 e. The van der Waals surface area contributed by atoms with Crippen LogP contribution >= 0.6 is 0 Å². The van der Waals surface area contributed by atoms with Crippen LogP contribution in [0.15, 0.2) is 61.3 Å². The number of halogens is 1. The van der Waals surface area contributed by atoms with Gasteiger partial charge in [-0.2, -0.15) is 4.39 Å². The molecular formula is C29H32FN5. The Kier molecular flexibility index (Phi) is 6.07. The smallest absolute Gasteiger partial charge is 0.222 e. The molecule has 1 aromatic heterocycles. The highest BCUT2D eigenvalue weighted by Crippen LogP contribution is 2.36. The first-order chi connectivity index (χ1) is 16.8. The number of rotatable bonds is 4. The molecule has 3 N–H and O–H groups in total. The summed E-state index contributed by atoms with van der Waals surface area (Å²) in [5.41, 5.74) is 14.3. The minimum Gasteiger partial charge on any atom is -0.383 e. The first-order valence-electron chi connectivity index (χ1n) is 12.1. The fourth-order valence-corrected chi connectivity index (χ4v) is 4.94. The predicted octanol–water partition coefficient (Wildman–Crippen LogP) is 5.60. The molecule has 2 aliphatic heterocycles. The fraction of sp³-hybridized carbons (Fsp3) is 0.276. The zero-order chi connectivity index (χ0) is 24.7. The van der Waals surface area contributed by atoms with Gasteiger partial charge in [-0.25, -0.2) is 4.98 Å². The van der Waals surface area contributed by atoms with E-state index < -0.39 is 5.95 Å². The second-order valence-electron chi connectivity index (χ2n) is 9.63. The molecule has 2 aromatic carbocycles. The molecule has 0 unspecified atom stereocenters. The van der Waals surface area contributed by atoms with Crippen molar-refractivity contribution >= 4 is 22.8 Å². The standard InChI is InChI=1S/C29H32FN5/c1-18(2)34-11-13-35(14-12-34)23-8-5-21(6-9-23)26-16-27(29(31)33-28(26)30)22-7-10-24-20(4)32-17-19(3)25(24)15-22/h5-10,15-18,32H,4,11-14H2,1-3H3,(H2,31,33). The van der Waals surface area contributed by atoms with Gasteiger partial charge in [0.15, 0.2) is 0 Å². The number of nitrogen functional groups attached to an aromatic ring is 1. The van der Waals surface area contributed by atoms with Crippen molar-refractivity contribution in [3.05, 3.63) is 78.4 Å². The van der Waals surface area contributed by atoms with Crippen LogP contribution in [0, 0.1) is 5.95 Å². The van der Waals surface area contributed by atoms with Crippen molar-refractivity contribution in [3.8, 4) is 22.3 Å². The van der Waals surface area contributed by atoms with Crippen LogP contribution in [0.3, 0.4) is 0 Å². The number of aromatic nitrogens is 1. The number of anilines is 2. The normalized spacial score (nSPS) is 16.2. The average Bonchev–Trinajstić information content (AvgIpc) is 2.86. The van der Waals surface area contributed by atoms with E-state index in [-0.39, 0.29) is 5.82 Å². The van der Waals surface area contributed by atoms with E-state index in [0.717, 1.165) is 71.0 Å². The molecule has 0 aliphatic carbocycles. The zero-order valence-corrected chi connectivity index (χ0v) is 20.6. The highest BCUT2D eigenvalue weighted by molar-refractivity contribution is 5.87. The molecule has 1 saturated heterocycles. The van der Waals surface area contributed by atoms with Gasteiger partial charge >= 0.3 is 0 Å². The van der Waals surface area contributed by atoms with Gasteiger partial charge in [0.1, 0.15) is 5.82 Å². The SMILES string of the molecule is C=C1NC=C(C)c2cc(-c3cc(-c4ccc(N5CCN(C(C)C)CC5)cc4)c(F)nc3N)ccc21. The summed E-state index contributed by atoms with van der Waals surface area (Å²) in [6, 6.07) is 16.5. The van der Waals surface area contributed by atoms with E-state index in [4.69, 9.17) is 5.73 Å². The molecule has 0 atom stereocenters. The number of fused-ring (bicyclic) bond motifs is 1. The summed E-state index contributed by atoms with van der Waals surface area (Å²) in [7, 11) is 0. The number of nitrogens with two attached hydrogens (primary N) is 1. The van der Waals surface area contributed by atoms with E-state index in [1.807, 2.05) is 43.5 Å². The number of hydrogen-bond donors (Lipinski definition) is 2. The van der Waals surface area contributed by atoms with Gasteiger partial charge in [-0.15, -0.1) is 0 Å². The van der Waals surface area contributed by atoms with Gasteiger partial charge in [-0.05, 0) is 67.3 Å². The topological polar surface area (TPSA) is 57.4 Å². The van der Waals surface area contributed by atoms with Crippen LogP contribution in [0.1, 0.15) is 31.9 Å². The Morgan fingerprint density at radius 1 is 0.914 bits per heavy atom. The third-order valence-corrected chi connectivity index (χ3v) is 7.14. The first kappa shape index (κ1) is 23.1. The van der Waals surface area contributed by atoms with Gasteiger partial charge in [0.05, 0.1) is 0 Å². The molecular weight excluding hydrogens is 437 g/mol. The van der Waals surface area contributed by atoms with E-state index in [2.05, 4.69) is 58.7 Å². The Bertz CT molecular complexity index is 1300. The summed E-state index contributed by atoms with van der Waals surface area (Å²) in [5.74, 6) is -0.378. The van der Waals surface area contributed by atoms with Crippen LogP contribution in [-0.2, 0) is 0 Å². The number of hydrogen-bond acceptors (Lipinski definition) is 5. The molecule has 0 saturated carbocycles. The molecule has 6 heteroatoms. The molecule has 2 aliphatic rings. The van der Waals surface area contributed by atoms with E-state index in [0.29, 0.717) is 11.6 Å². The van der Waals surface area contributed by atoms with Crippen molar-refractivity contribution in [1.29, 1.82) is 0 Å². The van der Waals surface area contributed by atoms with Crippen LogP contribution in [0.2, 0.25) is 0 Å². The lowest BCUT2D eigenvalue weighted by atomic mass is 9.92. The van der Waals surface area contributed by atoms with Crippen molar-refractivity contribution < 1.29 is 4.39 Å². The van der Waals surface area contributed by atoms with Gasteiger partial charge in [0.2, 0.25) is 5.95 Å². The van der Waals surface area contributed by atoms with Crippen molar-refractivity contribution in [3.63, 3.8) is 0 Å². The van der Waals surface area contributed by atoms with Crippen LogP contribution in [0.5, 0.6) is 0 Å². The number of nitrogens with one attached hydrogen (secondary N) is 1. The van der Waals surface area contributed by atoms with Crippen LogP contribution in [0.25, 0.3) is 33.5 Å². The minimum atomic E-state index is -0.559. The summed E-state index contributed by atoms with van der Waals surface area (Å²) in [4.78, 5) is 8.94. The maximum Gasteiger partial charge on any atom is 0.222 e. The molecule has 0 amide bonds. The number of benzene rings is 2.